The largest absolute Gasteiger partial charge is 0.506 e. The number of carbonyl (C=O) groups is 6. The molecule has 6 amide bonds. The topological polar surface area (TPSA) is 330 Å². The van der Waals surface area contributed by atoms with E-state index in [1.165, 1.54) is 14.7 Å². The third-order valence-corrected chi connectivity index (χ3v) is 19.9. The van der Waals surface area contributed by atoms with Crippen molar-refractivity contribution < 1.29 is 74.7 Å². The number of carbonyl (C=O) groups excluding carboxylic acids is 6. The molecule has 0 bridgehead atoms. The number of amides is 6. The molecule has 12 N–H and O–H groups in total. The predicted octanol–water partition coefficient (Wildman–Crippen LogP) is 2.23. The fourth-order valence-electron chi connectivity index (χ4n) is 6.48. The number of aliphatic hydroxyl groups is 6. The van der Waals surface area contributed by atoms with Gasteiger partial charge < -0.3 is 76.6 Å². The van der Waals surface area contributed by atoms with Crippen molar-refractivity contribution in [3.8, 4) is 17.2 Å². The highest BCUT2D eigenvalue weighted by atomic mass is 127. The molecule has 0 saturated carbocycles. The van der Waals surface area contributed by atoms with Crippen LogP contribution in [0.2, 0.25) is 0 Å². The lowest BCUT2D eigenvalue weighted by atomic mass is 10.1. The minimum Gasteiger partial charge on any atom is -0.506 e. The molecule has 0 aromatic heterocycles. The Labute approximate surface area is 516 Å². The molecule has 1 aliphatic rings. The minimum atomic E-state index is -1.07. The Morgan fingerprint density at radius 1 is 0.348 bits per heavy atom. The van der Waals surface area contributed by atoms with E-state index in [2.05, 4.69) is 16.0 Å². The Balaban J connectivity index is 1.93. The molecule has 30 heteroatoms. The van der Waals surface area contributed by atoms with Gasteiger partial charge in [0.25, 0.3) is 35.4 Å². The number of phenols is 3. The molecule has 3 aromatic rings. The van der Waals surface area contributed by atoms with E-state index >= 15 is 0 Å². The van der Waals surface area contributed by atoms with Gasteiger partial charge in [0.1, 0.15) is 17.2 Å². The second kappa shape index (κ2) is 27.8. The molecule has 378 valence electrons. The first-order valence-electron chi connectivity index (χ1n) is 19.6. The second-order valence-corrected chi connectivity index (χ2v) is 24.3. The van der Waals surface area contributed by atoms with Crippen molar-refractivity contribution in [2.75, 3.05) is 78.9 Å². The number of hydrogen-bond donors (Lipinski definition) is 12. The number of rotatable bonds is 15. The Bertz CT molecular complexity index is 2250. The highest BCUT2D eigenvalue weighted by molar-refractivity contribution is 14.1. The lowest BCUT2D eigenvalue weighted by molar-refractivity contribution is 0.0676. The Morgan fingerprint density at radius 2 is 0.522 bits per heavy atom. The van der Waals surface area contributed by atoms with Gasteiger partial charge in [-0.25, -0.2) is 0 Å². The number of hydrogen-bond acceptors (Lipinski definition) is 15. The van der Waals surface area contributed by atoms with Gasteiger partial charge in [-0.2, -0.15) is 0 Å². The van der Waals surface area contributed by atoms with E-state index in [1.807, 2.05) is 0 Å². The summed E-state index contributed by atoms with van der Waals surface area (Å²) in [7, 11) is 0. The maximum absolute atomic E-state index is 14.9. The number of benzene rings is 3. The van der Waals surface area contributed by atoms with Gasteiger partial charge in [-0.15, -0.1) is 0 Å². The van der Waals surface area contributed by atoms with Gasteiger partial charge in [-0.3, -0.25) is 28.8 Å². The lowest BCUT2D eigenvalue weighted by Crippen LogP contribution is -2.43. The van der Waals surface area contributed by atoms with Crippen molar-refractivity contribution in [3.63, 3.8) is 0 Å². The van der Waals surface area contributed by atoms with Crippen molar-refractivity contribution in [3.05, 3.63) is 65.5 Å². The summed E-state index contributed by atoms with van der Waals surface area (Å²) in [5, 5.41) is 99.3. The van der Waals surface area contributed by atoms with Crippen molar-refractivity contribution >= 4 is 239 Å². The Hall–Kier alpha value is 0.210. The average molecular weight is 1970 g/mol. The molecule has 3 aromatic carbocycles. The molecule has 0 radical (unpaired) electrons. The summed E-state index contributed by atoms with van der Waals surface area (Å²) in [5.74, 6) is -5.86. The van der Waals surface area contributed by atoms with E-state index in [1.54, 1.807) is 203 Å². The van der Waals surface area contributed by atoms with Crippen LogP contribution in [0, 0.1) is 32.1 Å². The van der Waals surface area contributed by atoms with Crippen LogP contribution in [0.3, 0.4) is 0 Å². The van der Waals surface area contributed by atoms with E-state index in [0.717, 1.165) is 0 Å². The van der Waals surface area contributed by atoms with Crippen molar-refractivity contribution in [1.29, 1.82) is 0 Å². The first kappa shape index (κ1) is 61.8. The number of aromatic hydroxyl groups is 3. The normalized spacial score (nSPS) is 13.4. The van der Waals surface area contributed by atoms with Crippen LogP contribution >= 0.6 is 203 Å². The summed E-state index contributed by atoms with van der Waals surface area (Å²) in [6.45, 7) is -4.94. The molecule has 1 heterocycles. The van der Waals surface area contributed by atoms with Gasteiger partial charge in [0, 0.05) is 50.0 Å². The summed E-state index contributed by atoms with van der Waals surface area (Å²) < 4.78 is 0.703. The average Bonchev–Trinajstić information content (AvgIpc) is 3.43. The molecule has 0 aliphatic carbocycles. The quantitative estimate of drug-likeness (QED) is 0.0972. The van der Waals surface area contributed by atoms with Crippen LogP contribution in [0.5, 0.6) is 17.2 Å². The molecule has 0 spiro atoms. The van der Waals surface area contributed by atoms with E-state index in [0.29, 0.717) is 0 Å². The zero-order valence-corrected chi connectivity index (χ0v) is 54.4. The fourth-order valence-corrected chi connectivity index (χ4v) is 18.8. The molecular weight excluding hydrogens is 1930 g/mol. The van der Waals surface area contributed by atoms with Gasteiger partial charge in [-0.05, 0) is 203 Å². The molecule has 69 heavy (non-hydrogen) atoms. The van der Waals surface area contributed by atoms with Crippen LogP contribution < -0.4 is 16.0 Å². The smallest absolute Gasteiger partial charge is 0.256 e. The monoisotopic (exact) mass is 1970 g/mol. The number of aliphatic hydroxyl groups excluding tert-OH is 6. The van der Waals surface area contributed by atoms with Gasteiger partial charge in [0.05, 0.1) is 113 Å². The first-order valence-corrected chi connectivity index (χ1v) is 29.3. The van der Waals surface area contributed by atoms with E-state index in [-0.39, 0.29) is 105 Å². The van der Waals surface area contributed by atoms with Crippen LogP contribution in [0.4, 0.5) is 0 Å². The zero-order valence-electron chi connectivity index (χ0n) is 34.9. The molecular formula is C39H39I9N6O15. The summed E-state index contributed by atoms with van der Waals surface area (Å²) in [6, 6.07) is -3.20. The summed E-state index contributed by atoms with van der Waals surface area (Å²) in [5.41, 5.74) is -0.716. The third kappa shape index (κ3) is 13.8. The van der Waals surface area contributed by atoms with Gasteiger partial charge in [-0.1, -0.05) is 0 Å². The highest BCUT2D eigenvalue weighted by Crippen LogP contribution is 2.40. The van der Waals surface area contributed by atoms with Crippen LogP contribution in [0.25, 0.3) is 0 Å². The van der Waals surface area contributed by atoms with E-state index < -0.39 is 110 Å². The van der Waals surface area contributed by atoms with Crippen molar-refractivity contribution in [2.45, 2.75) is 18.1 Å². The minimum absolute atomic E-state index is 0.0624. The van der Waals surface area contributed by atoms with Crippen LogP contribution in [-0.4, -0.2) is 193 Å². The zero-order chi connectivity index (χ0) is 51.9. The number of phenolic OH excluding ortho intramolecular Hbond substituents is 3. The van der Waals surface area contributed by atoms with Crippen LogP contribution in [0.15, 0.2) is 0 Å². The summed E-state index contributed by atoms with van der Waals surface area (Å²) in [6.07, 6.45) is 0. The fraction of sp³-hybridized carbons (Fsp3) is 0.385. The van der Waals surface area contributed by atoms with Crippen LogP contribution in [-0.2, 0) is 0 Å². The Kier molecular flexibility index (Phi) is 24.9. The molecule has 1 fully saturated rings. The second-order valence-electron chi connectivity index (χ2n) is 14.6. The highest BCUT2D eigenvalue weighted by Gasteiger charge is 2.37. The van der Waals surface area contributed by atoms with E-state index in [9.17, 15) is 74.7 Å². The van der Waals surface area contributed by atoms with Crippen LogP contribution in [0.1, 0.15) is 62.1 Å². The Morgan fingerprint density at radius 3 is 0.696 bits per heavy atom. The van der Waals surface area contributed by atoms with E-state index in [4.69, 9.17) is 0 Å². The maximum Gasteiger partial charge on any atom is 0.256 e. The number of halogens is 9. The number of nitrogens with zero attached hydrogens (tertiary/aromatic N) is 3. The predicted molar refractivity (Wildman–Crippen MR) is 323 cm³/mol. The third-order valence-electron chi connectivity index (χ3n) is 10.3. The van der Waals surface area contributed by atoms with Gasteiger partial charge in [0.15, 0.2) is 0 Å². The first-order chi connectivity index (χ1) is 32.5. The molecule has 4 rings (SSSR count). The molecule has 0 atom stereocenters. The number of nitrogens with one attached hydrogen (secondary N) is 3. The summed E-state index contributed by atoms with van der Waals surface area (Å²) >= 11 is 15.9. The van der Waals surface area contributed by atoms with Crippen molar-refractivity contribution in [2.24, 2.45) is 0 Å². The molecule has 0 unspecified atom stereocenters. The van der Waals surface area contributed by atoms with Crippen molar-refractivity contribution in [1.82, 2.24) is 30.7 Å². The SMILES string of the molecule is O=C(NC(CO)CO)c1c(I)c(O)c(I)c(C(=O)N2CCN(C(=O)c3c(I)c(O)c(I)c(C(=O)NC(CO)CO)c3I)CCN(C(=O)c3c(I)c(O)c(I)c(C(=O)NC(CO)CO)c3I)CC2)c1I. The molecule has 1 saturated heterocycles. The standard InChI is InChI=1S/C39H39I9N6O15/c40-22-16(34(64)49-13(7-55)8-56)25(43)31(61)28(46)19(22)37(67)52-1-2-53(38(68)20-23(41)17(26(44)32(62)29(20)47)35(65)50-14(9-57)10-58)5-6-54(4-3-52)39(69)21-24(42)18(27(45)33(63)30(21)48)36(66)51-15(11-59)12-60/h13-15,55-63H,1-12H2,(H,49,64)(H,50,65)(H,51,66). The summed E-state index contributed by atoms with van der Waals surface area (Å²) in [4.78, 5) is 89.4. The van der Waals surface area contributed by atoms with Gasteiger partial charge in [0.2, 0.25) is 0 Å². The molecule has 1 aliphatic heterocycles. The maximum atomic E-state index is 14.9. The van der Waals surface area contributed by atoms with Gasteiger partial charge >= 0.3 is 0 Å². The molecule has 21 nitrogen and oxygen atoms in total. The lowest BCUT2D eigenvalue weighted by Gasteiger charge is -2.28.